The van der Waals surface area contributed by atoms with Crippen molar-refractivity contribution in [2.75, 3.05) is 13.1 Å². The zero-order chi connectivity index (χ0) is 16.1. The maximum absolute atomic E-state index is 12.5. The highest BCUT2D eigenvalue weighted by molar-refractivity contribution is 6.31. The van der Waals surface area contributed by atoms with Crippen molar-refractivity contribution in [3.8, 4) is 0 Å². The number of benzene rings is 1. The minimum Gasteiger partial charge on any atom is -0.300 e. The Balaban J connectivity index is 1.85. The second-order valence-corrected chi connectivity index (χ2v) is 6.98. The van der Waals surface area contributed by atoms with E-state index < -0.39 is 0 Å². The number of hydrogen-bond acceptors (Lipinski definition) is 3. The quantitative estimate of drug-likeness (QED) is 0.863. The first-order valence-electron chi connectivity index (χ1n) is 8.15. The van der Waals surface area contributed by atoms with Crippen LogP contribution in [0.3, 0.4) is 0 Å². The molecule has 4 rings (SSSR count). The summed E-state index contributed by atoms with van der Waals surface area (Å²) in [6, 6.07) is 6.02. The van der Waals surface area contributed by atoms with E-state index in [0.717, 1.165) is 42.5 Å². The third-order valence-corrected chi connectivity index (χ3v) is 5.35. The van der Waals surface area contributed by atoms with Crippen LogP contribution in [-0.2, 0) is 11.2 Å². The maximum atomic E-state index is 12.5. The molecule has 0 fully saturated rings. The number of carbonyl (C=O) groups is 2. The molecule has 0 amide bonds. The number of fused-ring (bicyclic) bond motifs is 3. The molecule has 1 aromatic carbocycles. The Labute approximate surface area is 140 Å². The fraction of sp³-hybridized carbons (Fsp3) is 0.444. The minimum atomic E-state index is 0.170. The molecule has 0 spiro atoms. The van der Waals surface area contributed by atoms with E-state index in [1.165, 1.54) is 5.56 Å². The number of rotatable bonds is 3. The molecule has 2 aliphatic heterocycles. The van der Waals surface area contributed by atoms with E-state index in [4.69, 9.17) is 11.6 Å². The lowest BCUT2D eigenvalue weighted by Gasteiger charge is -2.38. The number of hydrogen-bond donors (Lipinski definition) is 0. The fourth-order valence-electron chi connectivity index (χ4n) is 4.07. The largest absolute Gasteiger partial charge is 0.300 e. The molecule has 0 N–H and O–H groups in total. The van der Waals surface area contributed by atoms with Gasteiger partial charge < -0.3 is 0 Å². The van der Waals surface area contributed by atoms with Crippen LogP contribution in [0.5, 0.6) is 0 Å². The van der Waals surface area contributed by atoms with Gasteiger partial charge in [0.2, 0.25) is 5.91 Å². The Kier molecular flexibility index (Phi) is 3.54. The van der Waals surface area contributed by atoms with E-state index in [0.29, 0.717) is 17.9 Å². The van der Waals surface area contributed by atoms with Gasteiger partial charge in [-0.2, -0.15) is 0 Å². The third-order valence-electron chi connectivity index (χ3n) is 5.11. The summed E-state index contributed by atoms with van der Waals surface area (Å²) < 4.78 is 1.90. The van der Waals surface area contributed by atoms with Crippen LogP contribution in [0.4, 0.5) is 0 Å². The summed E-state index contributed by atoms with van der Waals surface area (Å²) in [6.45, 7) is 3.35. The first kappa shape index (κ1) is 14.9. The molecule has 2 aliphatic rings. The van der Waals surface area contributed by atoms with Crippen molar-refractivity contribution < 1.29 is 9.59 Å². The van der Waals surface area contributed by atoms with Crippen LogP contribution in [0.15, 0.2) is 18.2 Å². The number of nitrogens with zero attached hydrogens (tertiary/aromatic N) is 2. The van der Waals surface area contributed by atoms with Crippen molar-refractivity contribution in [3.63, 3.8) is 0 Å². The van der Waals surface area contributed by atoms with Gasteiger partial charge in [0.05, 0.1) is 11.6 Å². The second-order valence-electron chi connectivity index (χ2n) is 6.55. The lowest BCUT2D eigenvalue weighted by atomic mass is 9.92. The van der Waals surface area contributed by atoms with Crippen LogP contribution in [0.1, 0.15) is 48.3 Å². The average molecular weight is 331 g/mol. The van der Waals surface area contributed by atoms with Crippen LogP contribution in [0, 0.1) is 0 Å². The summed E-state index contributed by atoms with van der Waals surface area (Å²) in [5.74, 6) is 0.387. The van der Waals surface area contributed by atoms with Gasteiger partial charge in [-0.1, -0.05) is 11.6 Å². The molecule has 2 aromatic rings. The highest BCUT2D eigenvalue weighted by atomic mass is 35.5. The molecule has 5 heteroatoms. The molecule has 1 aromatic heterocycles. The zero-order valence-electron chi connectivity index (χ0n) is 13.1. The fourth-order valence-corrected chi connectivity index (χ4v) is 4.25. The van der Waals surface area contributed by atoms with E-state index in [1.807, 2.05) is 22.8 Å². The van der Waals surface area contributed by atoms with E-state index in [1.54, 1.807) is 6.92 Å². The molecule has 3 heterocycles. The van der Waals surface area contributed by atoms with Crippen LogP contribution in [0.2, 0.25) is 5.02 Å². The van der Waals surface area contributed by atoms with Crippen molar-refractivity contribution in [2.45, 2.75) is 38.6 Å². The molecular weight excluding hydrogens is 312 g/mol. The molecule has 23 heavy (non-hydrogen) atoms. The molecule has 4 nitrogen and oxygen atoms in total. The van der Waals surface area contributed by atoms with E-state index in [9.17, 15) is 9.59 Å². The number of Topliss-reactive ketones (excluding diaryl/α,β-unsaturated/α-hetero) is 1. The molecule has 0 saturated carbocycles. The van der Waals surface area contributed by atoms with Gasteiger partial charge in [0, 0.05) is 42.0 Å². The SMILES string of the molecule is CC(=O)CCN1CCc2c3n(c4ccc(Cl)cc24)C(=O)CCC31. The van der Waals surface area contributed by atoms with E-state index in [2.05, 4.69) is 4.90 Å². The highest BCUT2D eigenvalue weighted by Crippen LogP contribution is 2.42. The van der Waals surface area contributed by atoms with E-state index in [-0.39, 0.29) is 17.7 Å². The van der Waals surface area contributed by atoms with Crippen molar-refractivity contribution in [3.05, 3.63) is 34.5 Å². The van der Waals surface area contributed by atoms with Crippen LogP contribution in [-0.4, -0.2) is 34.2 Å². The van der Waals surface area contributed by atoms with Crippen molar-refractivity contribution in [1.29, 1.82) is 0 Å². The first-order chi connectivity index (χ1) is 11.1. The van der Waals surface area contributed by atoms with Gasteiger partial charge in [-0.3, -0.25) is 19.1 Å². The molecule has 1 atom stereocenters. The van der Waals surface area contributed by atoms with Gasteiger partial charge in [-0.15, -0.1) is 0 Å². The summed E-state index contributed by atoms with van der Waals surface area (Å²) >= 11 is 6.17. The Bertz CT molecular complexity index is 824. The summed E-state index contributed by atoms with van der Waals surface area (Å²) in [7, 11) is 0. The highest BCUT2D eigenvalue weighted by Gasteiger charge is 2.37. The Morgan fingerprint density at radius 1 is 1.35 bits per heavy atom. The smallest absolute Gasteiger partial charge is 0.231 e. The van der Waals surface area contributed by atoms with Gasteiger partial charge >= 0.3 is 0 Å². The van der Waals surface area contributed by atoms with Crippen molar-refractivity contribution >= 4 is 34.2 Å². The van der Waals surface area contributed by atoms with Crippen LogP contribution in [0.25, 0.3) is 10.9 Å². The minimum absolute atomic E-state index is 0.170. The zero-order valence-corrected chi connectivity index (χ0v) is 13.9. The van der Waals surface area contributed by atoms with Gasteiger partial charge in [-0.25, -0.2) is 0 Å². The normalized spacial score (nSPS) is 20.8. The summed E-state index contributed by atoms with van der Waals surface area (Å²) in [4.78, 5) is 26.2. The molecule has 0 saturated heterocycles. The predicted molar refractivity (Wildman–Crippen MR) is 90.1 cm³/mol. The molecule has 0 bridgehead atoms. The van der Waals surface area contributed by atoms with Crippen molar-refractivity contribution in [2.24, 2.45) is 0 Å². The number of halogens is 1. The summed E-state index contributed by atoms with van der Waals surface area (Å²) in [5.41, 5.74) is 3.37. The molecule has 1 unspecified atom stereocenters. The molecule has 0 aliphatic carbocycles. The Hall–Kier alpha value is -1.65. The molecule has 0 radical (unpaired) electrons. The monoisotopic (exact) mass is 330 g/mol. The number of ketones is 1. The van der Waals surface area contributed by atoms with Gasteiger partial charge in [0.15, 0.2) is 0 Å². The standard InChI is InChI=1S/C18H19ClN2O2/c1-11(22)6-8-20-9-7-13-14-10-12(19)2-3-15(14)21-17(23)5-4-16(20)18(13)21/h2-3,10,16H,4-9H2,1H3. The van der Waals surface area contributed by atoms with Gasteiger partial charge in [0.25, 0.3) is 0 Å². The van der Waals surface area contributed by atoms with Crippen LogP contribution < -0.4 is 0 Å². The molecule has 120 valence electrons. The third kappa shape index (κ3) is 2.32. The lowest BCUT2D eigenvalue weighted by molar-refractivity contribution is -0.117. The van der Waals surface area contributed by atoms with E-state index >= 15 is 0 Å². The van der Waals surface area contributed by atoms with Crippen LogP contribution >= 0.6 is 11.6 Å². The summed E-state index contributed by atoms with van der Waals surface area (Å²) in [6.07, 6.45) is 2.88. The van der Waals surface area contributed by atoms with Gasteiger partial charge in [0.1, 0.15) is 5.78 Å². The van der Waals surface area contributed by atoms with Crippen molar-refractivity contribution in [1.82, 2.24) is 9.47 Å². The Morgan fingerprint density at radius 2 is 2.17 bits per heavy atom. The maximum Gasteiger partial charge on any atom is 0.231 e. The molecular formula is C18H19ClN2O2. The topological polar surface area (TPSA) is 42.3 Å². The predicted octanol–water partition coefficient (Wildman–Crippen LogP) is 3.61. The average Bonchev–Trinajstić information content (AvgIpc) is 2.85. The number of carbonyl (C=O) groups excluding carboxylic acids is 2. The summed E-state index contributed by atoms with van der Waals surface area (Å²) in [5, 5.41) is 1.82. The second kappa shape index (κ2) is 5.46. The number of aromatic nitrogens is 1. The van der Waals surface area contributed by atoms with Gasteiger partial charge in [-0.05, 0) is 43.5 Å². The first-order valence-corrected chi connectivity index (χ1v) is 8.53. The lowest BCUT2D eigenvalue weighted by Crippen LogP contribution is -2.40. The Morgan fingerprint density at radius 3 is 2.96 bits per heavy atom.